The third-order valence-electron chi connectivity index (χ3n) is 2.38. The Bertz CT molecular complexity index is 554. The summed E-state index contributed by atoms with van der Waals surface area (Å²) in [6.07, 6.45) is -9.21. The molecule has 0 atom stereocenters. The fourth-order valence-corrected chi connectivity index (χ4v) is 1.46. The van der Waals surface area contributed by atoms with Gasteiger partial charge < -0.3 is 14.4 Å². The predicted molar refractivity (Wildman–Crippen MR) is 67.6 cm³/mol. The van der Waals surface area contributed by atoms with Crippen molar-refractivity contribution in [2.75, 3.05) is 27.3 Å². The van der Waals surface area contributed by atoms with E-state index in [-0.39, 0.29) is 11.3 Å². The summed E-state index contributed by atoms with van der Waals surface area (Å²) in [5, 5.41) is 0. The van der Waals surface area contributed by atoms with E-state index in [1.165, 1.54) is 14.1 Å². The van der Waals surface area contributed by atoms with Crippen LogP contribution in [0.3, 0.4) is 0 Å². The number of benzene rings is 1. The second-order valence-corrected chi connectivity index (χ2v) is 4.67. The van der Waals surface area contributed by atoms with Crippen molar-refractivity contribution in [2.24, 2.45) is 0 Å². The van der Waals surface area contributed by atoms with E-state index in [9.17, 15) is 31.1 Å². The SMILES string of the molecule is CN(C)C(=O)c1cc(OCC(F)(F)F)ccc1OCC(F)(F)F. The Kier molecular flexibility index (Phi) is 5.73. The number of halogens is 6. The lowest BCUT2D eigenvalue weighted by Crippen LogP contribution is -2.25. The Hall–Kier alpha value is -2.13. The second-order valence-electron chi connectivity index (χ2n) is 4.67. The Morgan fingerprint density at radius 2 is 1.52 bits per heavy atom. The molecule has 23 heavy (non-hydrogen) atoms. The molecule has 4 nitrogen and oxygen atoms in total. The Morgan fingerprint density at radius 1 is 1.00 bits per heavy atom. The molecular weight excluding hydrogens is 332 g/mol. The number of carbonyl (C=O) groups is 1. The lowest BCUT2D eigenvalue weighted by molar-refractivity contribution is -0.154. The van der Waals surface area contributed by atoms with Crippen molar-refractivity contribution in [3.05, 3.63) is 23.8 Å². The molecule has 0 aromatic heterocycles. The Labute approximate surface area is 127 Å². The van der Waals surface area contributed by atoms with Crippen LogP contribution in [0, 0.1) is 0 Å². The van der Waals surface area contributed by atoms with E-state index in [4.69, 9.17) is 0 Å². The number of hydrogen-bond acceptors (Lipinski definition) is 3. The summed E-state index contributed by atoms with van der Waals surface area (Å²) in [5.41, 5.74) is -0.334. The highest BCUT2D eigenvalue weighted by atomic mass is 19.4. The Balaban J connectivity index is 3.03. The van der Waals surface area contributed by atoms with Crippen molar-refractivity contribution >= 4 is 5.91 Å². The topological polar surface area (TPSA) is 38.8 Å². The van der Waals surface area contributed by atoms with Crippen LogP contribution in [0.25, 0.3) is 0 Å². The number of carbonyl (C=O) groups excluding carboxylic acids is 1. The van der Waals surface area contributed by atoms with Crippen LogP contribution < -0.4 is 9.47 Å². The molecule has 0 N–H and O–H groups in total. The quantitative estimate of drug-likeness (QED) is 0.769. The van der Waals surface area contributed by atoms with E-state index in [0.717, 1.165) is 23.1 Å². The Morgan fingerprint density at radius 3 is 2.00 bits per heavy atom. The molecule has 0 unspecified atom stereocenters. The van der Waals surface area contributed by atoms with E-state index < -0.39 is 37.2 Å². The summed E-state index contributed by atoms with van der Waals surface area (Å²) in [4.78, 5) is 13.0. The first-order valence-electron chi connectivity index (χ1n) is 6.14. The number of alkyl halides is 6. The average Bonchev–Trinajstić information content (AvgIpc) is 2.40. The van der Waals surface area contributed by atoms with E-state index in [1.54, 1.807) is 0 Å². The third kappa shape index (κ3) is 6.66. The highest BCUT2D eigenvalue weighted by Gasteiger charge is 2.30. The average molecular weight is 345 g/mol. The maximum absolute atomic E-state index is 12.2. The van der Waals surface area contributed by atoms with Crippen molar-refractivity contribution < 1.29 is 40.6 Å². The number of rotatable bonds is 5. The molecule has 0 spiro atoms. The molecule has 0 fully saturated rings. The van der Waals surface area contributed by atoms with Crippen LogP contribution in [0.5, 0.6) is 11.5 Å². The van der Waals surface area contributed by atoms with Gasteiger partial charge in [-0.15, -0.1) is 0 Å². The lowest BCUT2D eigenvalue weighted by atomic mass is 10.1. The highest BCUT2D eigenvalue weighted by Crippen LogP contribution is 2.28. The first kappa shape index (κ1) is 18.9. The molecule has 0 aliphatic carbocycles. The minimum atomic E-state index is -4.62. The lowest BCUT2D eigenvalue weighted by Gasteiger charge is -2.17. The zero-order valence-corrected chi connectivity index (χ0v) is 12.1. The van der Waals surface area contributed by atoms with Crippen LogP contribution in [-0.2, 0) is 0 Å². The zero-order valence-electron chi connectivity index (χ0n) is 12.1. The fourth-order valence-electron chi connectivity index (χ4n) is 1.46. The van der Waals surface area contributed by atoms with Crippen molar-refractivity contribution in [3.8, 4) is 11.5 Å². The number of ether oxygens (including phenoxy) is 2. The van der Waals surface area contributed by atoms with E-state index in [1.807, 2.05) is 0 Å². The summed E-state index contributed by atoms with van der Waals surface area (Å²) in [5.74, 6) is -1.45. The zero-order chi connectivity index (χ0) is 17.8. The maximum Gasteiger partial charge on any atom is 0.422 e. The molecule has 1 aromatic rings. The molecule has 10 heteroatoms. The van der Waals surface area contributed by atoms with Crippen LogP contribution in [-0.4, -0.2) is 50.5 Å². The van der Waals surface area contributed by atoms with Gasteiger partial charge >= 0.3 is 12.4 Å². The van der Waals surface area contributed by atoms with Crippen molar-refractivity contribution in [1.29, 1.82) is 0 Å². The smallest absolute Gasteiger partial charge is 0.422 e. The van der Waals surface area contributed by atoms with Gasteiger partial charge in [-0.3, -0.25) is 4.79 Å². The van der Waals surface area contributed by atoms with Crippen molar-refractivity contribution in [1.82, 2.24) is 4.90 Å². The fraction of sp³-hybridized carbons (Fsp3) is 0.462. The number of nitrogens with zero attached hydrogens (tertiary/aromatic N) is 1. The molecule has 1 aromatic carbocycles. The van der Waals surface area contributed by atoms with Crippen molar-refractivity contribution in [2.45, 2.75) is 12.4 Å². The second kappa shape index (κ2) is 6.97. The van der Waals surface area contributed by atoms with Crippen LogP contribution in [0.2, 0.25) is 0 Å². The largest absolute Gasteiger partial charge is 0.484 e. The monoisotopic (exact) mass is 345 g/mol. The number of hydrogen-bond donors (Lipinski definition) is 0. The van der Waals surface area contributed by atoms with Crippen LogP contribution >= 0.6 is 0 Å². The van der Waals surface area contributed by atoms with Crippen LogP contribution in [0.15, 0.2) is 18.2 Å². The summed E-state index contributed by atoms with van der Waals surface area (Å²) in [6.45, 7) is -3.23. The summed E-state index contributed by atoms with van der Waals surface area (Å²) in [6, 6.07) is 2.85. The van der Waals surface area contributed by atoms with Gasteiger partial charge in [0.15, 0.2) is 13.2 Å². The molecule has 130 valence electrons. The van der Waals surface area contributed by atoms with Crippen LogP contribution in [0.4, 0.5) is 26.3 Å². The minimum absolute atomic E-state index is 0.313. The third-order valence-corrected chi connectivity index (χ3v) is 2.38. The molecule has 0 bridgehead atoms. The molecule has 1 rings (SSSR count). The van der Waals surface area contributed by atoms with Gasteiger partial charge in [0, 0.05) is 14.1 Å². The molecule has 0 saturated carbocycles. The summed E-state index contributed by atoms with van der Waals surface area (Å²) in [7, 11) is 2.66. The molecule has 0 radical (unpaired) electrons. The minimum Gasteiger partial charge on any atom is -0.484 e. The standard InChI is InChI=1S/C13H13F6NO3/c1-20(2)11(21)9-5-8(22-6-12(14,15)16)3-4-10(9)23-7-13(17,18)19/h3-5H,6-7H2,1-2H3. The van der Waals surface area contributed by atoms with E-state index in [2.05, 4.69) is 9.47 Å². The number of amides is 1. The van der Waals surface area contributed by atoms with E-state index in [0.29, 0.717) is 0 Å². The molecule has 0 aliphatic heterocycles. The van der Waals surface area contributed by atoms with Gasteiger partial charge in [-0.25, -0.2) is 0 Å². The first-order valence-corrected chi connectivity index (χ1v) is 6.14. The van der Waals surface area contributed by atoms with Gasteiger partial charge in [0.05, 0.1) is 5.56 Å². The predicted octanol–water partition coefficient (Wildman–Crippen LogP) is 3.27. The first-order chi connectivity index (χ1) is 10.4. The maximum atomic E-state index is 12.2. The molecule has 0 saturated heterocycles. The molecule has 1 amide bonds. The highest BCUT2D eigenvalue weighted by molar-refractivity contribution is 5.97. The van der Waals surface area contributed by atoms with Gasteiger partial charge in [0.25, 0.3) is 5.91 Å². The van der Waals surface area contributed by atoms with Gasteiger partial charge in [0.2, 0.25) is 0 Å². The summed E-state index contributed by atoms with van der Waals surface area (Å²) >= 11 is 0. The normalized spacial score (nSPS) is 12.0. The summed E-state index contributed by atoms with van der Waals surface area (Å²) < 4.78 is 81.9. The molecule has 0 heterocycles. The van der Waals surface area contributed by atoms with E-state index >= 15 is 0 Å². The van der Waals surface area contributed by atoms with Crippen LogP contribution in [0.1, 0.15) is 10.4 Å². The van der Waals surface area contributed by atoms with Gasteiger partial charge in [0.1, 0.15) is 11.5 Å². The van der Waals surface area contributed by atoms with Gasteiger partial charge in [-0.05, 0) is 18.2 Å². The van der Waals surface area contributed by atoms with Gasteiger partial charge in [-0.1, -0.05) is 0 Å². The molecular formula is C13H13F6NO3. The van der Waals surface area contributed by atoms with Gasteiger partial charge in [-0.2, -0.15) is 26.3 Å². The van der Waals surface area contributed by atoms with Crippen molar-refractivity contribution in [3.63, 3.8) is 0 Å². The molecule has 0 aliphatic rings.